The van der Waals surface area contributed by atoms with Gasteiger partial charge in [0.2, 0.25) is 0 Å². The summed E-state index contributed by atoms with van der Waals surface area (Å²) in [5.41, 5.74) is 0.682. The topological polar surface area (TPSA) is 12.0 Å². The van der Waals surface area contributed by atoms with E-state index in [4.69, 9.17) is 11.6 Å². The summed E-state index contributed by atoms with van der Waals surface area (Å²) in [6.45, 7) is 0. The second-order valence-electron chi connectivity index (χ2n) is 3.66. The van der Waals surface area contributed by atoms with Gasteiger partial charge in [0, 0.05) is 22.0 Å². The van der Waals surface area contributed by atoms with Crippen LogP contribution in [0.5, 0.6) is 0 Å². The van der Waals surface area contributed by atoms with E-state index >= 15 is 0 Å². The number of nitrogens with one attached hydrogen (secondary N) is 1. The average molecular weight is 331 g/mol. The maximum absolute atomic E-state index is 12.2. The lowest BCUT2D eigenvalue weighted by atomic mass is 10.0. The number of rotatable bonds is 4. The third kappa shape index (κ3) is 4.85. The zero-order valence-electron chi connectivity index (χ0n) is 9.11. The molecule has 1 unspecified atom stereocenters. The third-order valence-electron chi connectivity index (χ3n) is 2.40. The summed E-state index contributed by atoms with van der Waals surface area (Å²) in [7, 11) is 1.62. The lowest BCUT2D eigenvalue weighted by Gasteiger charge is -2.19. The Morgan fingerprint density at radius 3 is 2.53 bits per heavy atom. The summed E-state index contributed by atoms with van der Waals surface area (Å²) in [6, 6.07) is 4.77. The minimum atomic E-state index is -4.14. The van der Waals surface area contributed by atoms with Gasteiger partial charge in [-0.2, -0.15) is 13.2 Å². The number of benzene rings is 1. The normalized spacial score (nSPS) is 13.8. The van der Waals surface area contributed by atoms with Crippen LogP contribution in [0.2, 0.25) is 5.02 Å². The van der Waals surface area contributed by atoms with Gasteiger partial charge in [-0.15, -0.1) is 0 Å². The predicted molar refractivity (Wildman–Crippen MR) is 66.2 cm³/mol. The predicted octanol–water partition coefficient (Wildman–Crippen LogP) is 4.71. The molecule has 0 aliphatic carbocycles. The zero-order chi connectivity index (χ0) is 13.1. The lowest BCUT2D eigenvalue weighted by Crippen LogP contribution is -2.20. The van der Waals surface area contributed by atoms with Crippen molar-refractivity contribution in [1.82, 2.24) is 5.32 Å². The molecule has 96 valence electrons. The molecule has 0 aromatic heterocycles. The molecule has 1 N–H and O–H groups in total. The van der Waals surface area contributed by atoms with Gasteiger partial charge in [0.1, 0.15) is 0 Å². The zero-order valence-corrected chi connectivity index (χ0v) is 11.5. The van der Waals surface area contributed by atoms with Crippen LogP contribution in [0.25, 0.3) is 0 Å². The van der Waals surface area contributed by atoms with Crippen LogP contribution in [-0.2, 0) is 0 Å². The fourth-order valence-electron chi connectivity index (χ4n) is 1.55. The minimum Gasteiger partial charge on any atom is -0.313 e. The average Bonchev–Trinajstić information content (AvgIpc) is 2.19. The minimum absolute atomic E-state index is 0.0264. The van der Waals surface area contributed by atoms with Crippen molar-refractivity contribution < 1.29 is 13.2 Å². The van der Waals surface area contributed by atoms with E-state index in [-0.39, 0.29) is 6.42 Å². The van der Waals surface area contributed by atoms with Gasteiger partial charge in [-0.05, 0) is 31.2 Å². The van der Waals surface area contributed by atoms with Crippen LogP contribution in [-0.4, -0.2) is 13.2 Å². The molecule has 0 bridgehead atoms. The first-order valence-corrected chi connectivity index (χ1v) is 6.19. The molecule has 1 aromatic rings. The van der Waals surface area contributed by atoms with Gasteiger partial charge in [0.15, 0.2) is 0 Å². The number of hydrogen-bond donors (Lipinski definition) is 1. The van der Waals surface area contributed by atoms with Crippen molar-refractivity contribution in [2.75, 3.05) is 7.05 Å². The smallest absolute Gasteiger partial charge is 0.313 e. The Labute approximate surface area is 111 Å². The molecule has 0 fully saturated rings. The van der Waals surface area contributed by atoms with Crippen molar-refractivity contribution >= 4 is 27.5 Å². The Bertz CT molecular complexity index is 381. The van der Waals surface area contributed by atoms with Crippen LogP contribution >= 0.6 is 27.5 Å². The van der Waals surface area contributed by atoms with Gasteiger partial charge in [-0.3, -0.25) is 0 Å². The van der Waals surface area contributed by atoms with Crippen LogP contribution in [0.3, 0.4) is 0 Å². The molecule has 6 heteroatoms. The largest absolute Gasteiger partial charge is 0.389 e. The Kier molecular flexibility index (Phi) is 5.28. The summed E-state index contributed by atoms with van der Waals surface area (Å²) in [6.07, 6.45) is -5.00. The maximum Gasteiger partial charge on any atom is 0.389 e. The van der Waals surface area contributed by atoms with Crippen LogP contribution < -0.4 is 5.32 Å². The molecule has 0 aliphatic rings. The second-order valence-corrected chi connectivity index (χ2v) is 4.98. The highest BCUT2D eigenvalue weighted by Crippen LogP contribution is 2.32. The molecule has 0 heterocycles. The molecular formula is C11H12BrClF3N. The van der Waals surface area contributed by atoms with Gasteiger partial charge in [-0.1, -0.05) is 33.6 Å². The van der Waals surface area contributed by atoms with Crippen molar-refractivity contribution in [3.8, 4) is 0 Å². The fourth-order valence-corrected chi connectivity index (χ4v) is 2.35. The lowest BCUT2D eigenvalue weighted by molar-refractivity contribution is -0.136. The van der Waals surface area contributed by atoms with Crippen molar-refractivity contribution in [3.05, 3.63) is 33.3 Å². The van der Waals surface area contributed by atoms with Crippen molar-refractivity contribution in [3.63, 3.8) is 0 Å². The number of hydrogen-bond acceptors (Lipinski definition) is 1. The first-order valence-electron chi connectivity index (χ1n) is 5.02. The highest BCUT2D eigenvalue weighted by Gasteiger charge is 2.28. The fraction of sp³-hybridized carbons (Fsp3) is 0.455. The molecule has 0 amide bonds. The van der Waals surface area contributed by atoms with Gasteiger partial charge >= 0.3 is 6.18 Å². The molecular weight excluding hydrogens is 318 g/mol. The summed E-state index contributed by atoms with van der Waals surface area (Å²) < 4.78 is 37.3. The van der Waals surface area contributed by atoms with E-state index in [1.54, 1.807) is 25.2 Å². The van der Waals surface area contributed by atoms with Crippen LogP contribution in [0.15, 0.2) is 22.7 Å². The molecule has 17 heavy (non-hydrogen) atoms. The SMILES string of the molecule is CNC(CCC(F)(F)F)c1ccc(Br)cc1Cl. The first kappa shape index (κ1) is 14.8. The summed E-state index contributed by atoms with van der Waals surface area (Å²) in [5, 5.41) is 3.31. The molecule has 0 saturated heterocycles. The van der Waals surface area contributed by atoms with E-state index in [9.17, 15) is 13.2 Å². The molecule has 0 saturated carbocycles. The Balaban J connectivity index is 2.79. The third-order valence-corrected chi connectivity index (χ3v) is 3.22. The highest BCUT2D eigenvalue weighted by molar-refractivity contribution is 9.10. The molecule has 1 nitrogen and oxygen atoms in total. The molecule has 1 aromatic carbocycles. The van der Waals surface area contributed by atoms with Gasteiger partial charge in [0.25, 0.3) is 0 Å². The van der Waals surface area contributed by atoms with E-state index in [0.29, 0.717) is 10.6 Å². The number of alkyl halides is 3. The monoisotopic (exact) mass is 329 g/mol. The van der Waals surface area contributed by atoms with E-state index < -0.39 is 18.6 Å². The van der Waals surface area contributed by atoms with E-state index in [2.05, 4.69) is 21.2 Å². The van der Waals surface area contributed by atoms with Gasteiger partial charge in [0.05, 0.1) is 0 Å². The maximum atomic E-state index is 12.2. The van der Waals surface area contributed by atoms with E-state index in [0.717, 1.165) is 4.47 Å². The quantitative estimate of drug-likeness (QED) is 0.843. The van der Waals surface area contributed by atoms with Gasteiger partial charge < -0.3 is 5.32 Å². The van der Waals surface area contributed by atoms with Crippen molar-refractivity contribution in [2.45, 2.75) is 25.1 Å². The molecule has 1 atom stereocenters. The standard InChI is InChI=1S/C11H12BrClF3N/c1-17-10(4-5-11(14,15)16)8-3-2-7(12)6-9(8)13/h2-3,6,10,17H,4-5H2,1H3. The Morgan fingerprint density at radius 1 is 1.41 bits per heavy atom. The van der Waals surface area contributed by atoms with E-state index in [1.165, 1.54) is 0 Å². The molecule has 1 rings (SSSR count). The van der Waals surface area contributed by atoms with Crippen LogP contribution in [0, 0.1) is 0 Å². The second kappa shape index (κ2) is 6.07. The highest BCUT2D eigenvalue weighted by atomic mass is 79.9. The van der Waals surface area contributed by atoms with Crippen LogP contribution in [0.1, 0.15) is 24.4 Å². The molecule has 0 radical (unpaired) electrons. The summed E-state index contributed by atoms with van der Waals surface area (Å²) >= 11 is 9.25. The van der Waals surface area contributed by atoms with Crippen molar-refractivity contribution in [2.24, 2.45) is 0 Å². The first-order chi connectivity index (χ1) is 7.83. The Morgan fingerprint density at radius 2 is 2.06 bits per heavy atom. The van der Waals surface area contributed by atoms with E-state index in [1.807, 2.05) is 0 Å². The molecule has 0 aliphatic heterocycles. The Hall–Kier alpha value is -0.260. The molecule has 0 spiro atoms. The summed E-state index contributed by atoms with van der Waals surface area (Å²) in [5.74, 6) is 0. The van der Waals surface area contributed by atoms with Gasteiger partial charge in [-0.25, -0.2) is 0 Å². The summed E-state index contributed by atoms with van der Waals surface area (Å²) in [4.78, 5) is 0. The van der Waals surface area contributed by atoms with Crippen molar-refractivity contribution in [1.29, 1.82) is 0 Å². The number of halogens is 5. The van der Waals surface area contributed by atoms with Crippen LogP contribution in [0.4, 0.5) is 13.2 Å².